The number of fused-ring (bicyclic) bond motifs is 1. The SMILES string of the molecule is COc1cccc(N2C(=O)CN(C(=O)Cn3cnc4ccccc43)C[C@@H]2C)c1. The number of para-hydroxylation sites is 2. The molecule has 0 radical (unpaired) electrons. The highest BCUT2D eigenvalue weighted by Gasteiger charge is 2.33. The molecule has 1 aromatic heterocycles. The summed E-state index contributed by atoms with van der Waals surface area (Å²) < 4.78 is 7.08. The van der Waals surface area contributed by atoms with Gasteiger partial charge in [0.15, 0.2) is 0 Å². The summed E-state index contributed by atoms with van der Waals surface area (Å²) in [4.78, 5) is 33.3. The molecule has 2 heterocycles. The summed E-state index contributed by atoms with van der Waals surface area (Å²) in [6.07, 6.45) is 1.67. The number of benzene rings is 2. The van der Waals surface area contributed by atoms with Crippen molar-refractivity contribution in [2.75, 3.05) is 25.1 Å². The van der Waals surface area contributed by atoms with Crippen molar-refractivity contribution in [3.63, 3.8) is 0 Å². The summed E-state index contributed by atoms with van der Waals surface area (Å²) in [5, 5.41) is 0. The number of carbonyl (C=O) groups is 2. The standard InChI is InChI=1S/C21H22N4O3/c1-15-11-23(13-21(27)25(15)16-6-5-7-17(10-16)28-2)20(26)12-24-14-22-18-8-3-4-9-19(18)24/h3-10,14-15H,11-13H2,1-2H3/t15-/m0/s1. The molecule has 0 N–H and O–H groups in total. The highest BCUT2D eigenvalue weighted by atomic mass is 16.5. The van der Waals surface area contributed by atoms with Crippen LogP contribution in [0.5, 0.6) is 5.75 Å². The zero-order valence-electron chi connectivity index (χ0n) is 15.9. The van der Waals surface area contributed by atoms with Crippen LogP contribution in [0.25, 0.3) is 11.0 Å². The number of amides is 2. The zero-order chi connectivity index (χ0) is 19.7. The van der Waals surface area contributed by atoms with Gasteiger partial charge < -0.3 is 19.1 Å². The maximum atomic E-state index is 12.8. The average Bonchev–Trinajstić information content (AvgIpc) is 3.10. The molecule has 2 amide bonds. The lowest BCUT2D eigenvalue weighted by Gasteiger charge is -2.39. The third-order valence-electron chi connectivity index (χ3n) is 5.04. The molecule has 3 aromatic rings. The van der Waals surface area contributed by atoms with E-state index in [1.807, 2.05) is 60.0 Å². The monoisotopic (exact) mass is 378 g/mol. The fourth-order valence-electron chi connectivity index (χ4n) is 3.68. The van der Waals surface area contributed by atoms with E-state index in [9.17, 15) is 9.59 Å². The van der Waals surface area contributed by atoms with Gasteiger partial charge in [0.05, 0.1) is 30.5 Å². The Kier molecular flexibility index (Phi) is 4.73. The van der Waals surface area contributed by atoms with Gasteiger partial charge >= 0.3 is 0 Å². The van der Waals surface area contributed by atoms with Crippen LogP contribution in [-0.4, -0.2) is 52.5 Å². The van der Waals surface area contributed by atoms with Gasteiger partial charge in [-0.15, -0.1) is 0 Å². The third-order valence-corrected chi connectivity index (χ3v) is 5.04. The molecule has 0 saturated carbocycles. The fourth-order valence-corrected chi connectivity index (χ4v) is 3.68. The number of nitrogens with zero attached hydrogens (tertiary/aromatic N) is 4. The van der Waals surface area contributed by atoms with Crippen LogP contribution in [0, 0.1) is 0 Å². The molecule has 0 bridgehead atoms. The second-order valence-electron chi connectivity index (χ2n) is 6.95. The predicted molar refractivity (Wildman–Crippen MR) is 106 cm³/mol. The third kappa shape index (κ3) is 3.31. The highest BCUT2D eigenvalue weighted by molar-refractivity contribution is 5.98. The Morgan fingerprint density at radius 3 is 2.82 bits per heavy atom. The average molecular weight is 378 g/mol. The van der Waals surface area contributed by atoms with Crippen molar-refractivity contribution in [2.45, 2.75) is 19.5 Å². The summed E-state index contributed by atoms with van der Waals surface area (Å²) in [5.41, 5.74) is 2.54. The molecule has 0 unspecified atom stereocenters. The van der Waals surface area contributed by atoms with Crippen LogP contribution in [-0.2, 0) is 16.1 Å². The summed E-state index contributed by atoms with van der Waals surface area (Å²) in [6, 6.07) is 15.0. The minimum Gasteiger partial charge on any atom is -0.497 e. The summed E-state index contributed by atoms with van der Waals surface area (Å²) in [5.74, 6) is 0.507. The first-order valence-electron chi connectivity index (χ1n) is 9.20. The van der Waals surface area contributed by atoms with Gasteiger partial charge in [-0.25, -0.2) is 4.98 Å². The van der Waals surface area contributed by atoms with Gasteiger partial charge in [0.1, 0.15) is 18.8 Å². The fraction of sp³-hybridized carbons (Fsp3) is 0.286. The van der Waals surface area contributed by atoms with Crippen LogP contribution in [0.3, 0.4) is 0 Å². The molecule has 28 heavy (non-hydrogen) atoms. The van der Waals surface area contributed by atoms with Gasteiger partial charge in [-0.1, -0.05) is 18.2 Å². The first kappa shape index (κ1) is 18.0. The maximum Gasteiger partial charge on any atom is 0.246 e. The molecule has 0 spiro atoms. The van der Waals surface area contributed by atoms with E-state index < -0.39 is 0 Å². The molecule has 1 atom stereocenters. The van der Waals surface area contributed by atoms with E-state index in [1.165, 1.54) is 0 Å². The van der Waals surface area contributed by atoms with Gasteiger partial charge in [-0.05, 0) is 31.2 Å². The topological polar surface area (TPSA) is 67.7 Å². The number of hydrogen-bond acceptors (Lipinski definition) is 4. The Labute approximate surface area is 163 Å². The number of hydrogen-bond donors (Lipinski definition) is 0. The molecular weight excluding hydrogens is 356 g/mol. The van der Waals surface area contributed by atoms with Gasteiger partial charge in [-0.3, -0.25) is 9.59 Å². The van der Waals surface area contributed by atoms with Crippen molar-refractivity contribution < 1.29 is 14.3 Å². The number of rotatable bonds is 4. The largest absolute Gasteiger partial charge is 0.497 e. The normalized spacial score (nSPS) is 17.2. The second kappa shape index (κ2) is 7.34. The Bertz CT molecular complexity index is 1030. The van der Waals surface area contributed by atoms with Gasteiger partial charge in [0.25, 0.3) is 0 Å². The Balaban J connectivity index is 1.49. The lowest BCUT2D eigenvalue weighted by atomic mass is 10.1. The van der Waals surface area contributed by atoms with E-state index in [0.717, 1.165) is 16.7 Å². The zero-order valence-corrected chi connectivity index (χ0v) is 15.9. The van der Waals surface area contributed by atoms with Crippen molar-refractivity contribution in [3.8, 4) is 5.75 Å². The molecule has 144 valence electrons. The predicted octanol–water partition coefficient (Wildman–Crippen LogP) is 2.31. The number of imidazole rings is 1. The second-order valence-corrected chi connectivity index (χ2v) is 6.95. The minimum atomic E-state index is -0.128. The Hall–Kier alpha value is -3.35. The van der Waals surface area contributed by atoms with E-state index in [1.54, 1.807) is 23.2 Å². The molecule has 2 aromatic carbocycles. The number of anilines is 1. The molecule has 1 fully saturated rings. The lowest BCUT2D eigenvalue weighted by Crippen LogP contribution is -2.57. The van der Waals surface area contributed by atoms with Crippen LogP contribution in [0.4, 0.5) is 5.69 Å². The maximum absolute atomic E-state index is 12.8. The first-order chi connectivity index (χ1) is 13.6. The minimum absolute atomic E-state index is 0.0625. The smallest absolute Gasteiger partial charge is 0.246 e. The van der Waals surface area contributed by atoms with Gasteiger partial charge in [-0.2, -0.15) is 0 Å². The van der Waals surface area contributed by atoms with Crippen LogP contribution in [0.15, 0.2) is 54.9 Å². The summed E-state index contributed by atoms with van der Waals surface area (Å²) in [6.45, 7) is 2.66. The van der Waals surface area contributed by atoms with Crippen molar-refractivity contribution in [1.29, 1.82) is 0 Å². The van der Waals surface area contributed by atoms with E-state index >= 15 is 0 Å². The first-order valence-corrected chi connectivity index (χ1v) is 9.20. The van der Waals surface area contributed by atoms with Crippen molar-refractivity contribution in [2.24, 2.45) is 0 Å². The Morgan fingerprint density at radius 2 is 2.04 bits per heavy atom. The van der Waals surface area contributed by atoms with Crippen molar-refractivity contribution in [3.05, 3.63) is 54.9 Å². The number of piperazine rings is 1. The molecule has 7 nitrogen and oxygen atoms in total. The van der Waals surface area contributed by atoms with Crippen LogP contribution >= 0.6 is 0 Å². The number of carbonyl (C=O) groups excluding carboxylic acids is 2. The Morgan fingerprint density at radius 1 is 1.21 bits per heavy atom. The van der Waals surface area contributed by atoms with E-state index in [2.05, 4.69) is 4.98 Å². The molecule has 7 heteroatoms. The molecule has 1 aliphatic heterocycles. The van der Waals surface area contributed by atoms with Gasteiger partial charge in [0, 0.05) is 18.3 Å². The van der Waals surface area contributed by atoms with Gasteiger partial charge in [0.2, 0.25) is 11.8 Å². The van der Waals surface area contributed by atoms with Crippen LogP contribution in [0.1, 0.15) is 6.92 Å². The van der Waals surface area contributed by atoms with E-state index in [0.29, 0.717) is 12.3 Å². The number of methoxy groups -OCH3 is 1. The molecule has 0 aliphatic carbocycles. The van der Waals surface area contributed by atoms with Crippen molar-refractivity contribution in [1.82, 2.24) is 14.5 Å². The van der Waals surface area contributed by atoms with Crippen molar-refractivity contribution >= 4 is 28.5 Å². The quantitative estimate of drug-likeness (QED) is 0.699. The lowest BCUT2D eigenvalue weighted by molar-refractivity contribution is -0.138. The number of ether oxygens (including phenoxy) is 1. The summed E-state index contributed by atoms with van der Waals surface area (Å²) in [7, 11) is 1.60. The molecule has 1 saturated heterocycles. The number of aromatic nitrogens is 2. The summed E-state index contributed by atoms with van der Waals surface area (Å²) >= 11 is 0. The van der Waals surface area contributed by atoms with Crippen LogP contribution in [0.2, 0.25) is 0 Å². The molecule has 1 aliphatic rings. The van der Waals surface area contributed by atoms with E-state index in [4.69, 9.17) is 4.74 Å². The molecule has 4 rings (SSSR count). The highest BCUT2D eigenvalue weighted by Crippen LogP contribution is 2.25. The van der Waals surface area contributed by atoms with E-state index in [-0.39, 0.29) is 30.9 Å². The molecular formula is C21H22N4O3. The van der Waals surface area contributed by atoms with Crippen LogP contribution < -0.4 is 9.64 Å².